The third-order valence-electron chi connectivity index (χ3n) is 3.30. The first-order chi connectivity index (χ1) is 10.2. The summed E-state index contributed by atoms with van der Waals surface area (Å²) in [5.74, 6) is 2.00. The van der Waals surface area contributed by atoms with Gasteiger partial charge in [-0.1, -0.05) is 12.1 Å². The minimum Gasteiger partial charge on any atom is -0.493 e. The van der Waals surface area contributed by atoms with Crippen LogP contribution < -0.4 is 15.2 Å². The number of methoxy groups -OCH3 is 2. The number of ether oxygens (including phenoxy) is 2. The van der Waals surface area contributed by atoms with Crippen LogP contribution in [0.25, 0.3) is 11.1 Å². The second-order valence-corrected chi connectivity index (χ2v) is 4.67. The average Bonchev–Trinajstić information content (AvgIpc) is 2.91. The summed E-state index contributed by atoms with van der Waals surface area (Å²) >= 11 is 0. The van der Waals surface area contributed by atoms with Gasteiger partial charge in [-0.05, 0) is 29.8 Å². The molecule has 1 aromatic heterocycles. The van der Waals surface area contributed by atoms with Gasteiger partial charge in [0.15, 0.2) is 23.0 Å². The Hall–Kier alpha value is -2.69. The van der Waals surface area contributed by atoms with E-state index >= 15 is 0 Å². The molecule has 0 atom stereocenters. The second-order valence-electron chi connectivity index (χ2n) is 4.67. The van der Waals surface area contributed by atoms with Crippen molar-refractivity contribution in [1.82, 2.24) is 4.98 Å². The lowest BCUT2D eigenvalue weighted by atomic mass is 10.1. The van der Waals surface area contributed by atoms with Gasteiger partial charge < -0.3 is 19.6 Å². The van der Waals surface area contributed by atoms with Crippen LogP contribution in [0.3, 0.4) is 0 Å². The van der Waals surface area contributed by atoms with E-state index in [1.165, 1.54) is 0 Å². The maximum absolute atomic E-state index is 5.89. The molecule has 5 nitrogen and oxygen atoms in total. The number of nitrogens with two attached hydrogens (primary N) is 1. The summed E-state index contributed by atoms with van der Waals surface area (Å²) < 4.78 is 16.2. The van der Waals surface area contributed by atoms with Gasteiger partial charge in [0.1, 0.15) is 5.52 Å². The molecule has 0 aliphatic rings. The zero-order chi connectivity index (χ0) is 14.8. The molecule has 2 N–H and O–H groups in total. The largest absolute Gasteiger partial charge is 0.493 e. The smallest absolute Gasteiger partial charge is 0.199 e. The summed E-state index contributed by atoms with van der Waals surface area (Å²) in [6, 6.07) is 11.3. The van der Waals surface area contributed by atoms with Crippen molar-refractivity contribution in [3.05, 3.63) is 47.9 Å². The number of aromatic nitrogens is 1. The number of anilines is 1. The molecule has 21 heavy (non-hydrogen) atoms. The summed E-state index contributed by atoms with van der Waals surface area (Å²) in [5, 5.41) is 0. The fraction of sp³-hybridized carbons (Fsp3) is 0.188. The summed E-state index contributed by atoms with van der Waals surface area (Å²) in [6.07, 6.45) is 0.564. The van der Waals surface area contributed by atoms with Crippen LogP contribution in [0.2, 0.25) is 0 Å². The minimum absolute atomic E-state index is 0.564. The molecular formula is C16H16N2O3. The number of nitrogen functional groups attached to an aromatic ring is 1. The molecule has 1 heterocycles. The Labute approximate surface area is 122 Å². The van der Waals surface area contributed by atoms with Gasteiger partial charge in [0, 0.05) is 6.42 Å². The van der Waals surface area contributed by atoms with E-state index in [1.807, 2.05) is 36.4 Å². The Morgan fingerprint density at radius 2 is 1.90 bits per heavy atom. The van der Waals surface area contributed by atoms with Gasteiger partial charge in [-0.15, -0.1) is 0 Å². The molecule has 0 fully saturated rings. The van der Waals surface area contributed by atoms with E-state index in [9.17, 15) is 0 Å². The van der Waals surface area contributed by atoms with E-state index in [0.29, 0.717) is 40.6 Å². The quantitative estimate of drug-likeness (QED) is 0.746. The van der Waals surface area contributed by atoms with Crippen molar-refractivity contribution >= 4 is 16.8 Å². The molecule has 0 aliphatic heterocycles. The van der Waals surface area contributed by atoms with Crippen LogP contribution in [0.1, 0.15) is 11.5 Å². The number of hydrogen-bond acceptors (Lipinski definition) is 5. The van der Waals surface area contributed by atoms with Gasteiger partial charge in [-0.25, -0.2) is 4.98 Å². The normalized spacial score (nSPS) is 10.8. The molecular weight excluding hydrogens is 268 g/mol. The lowest BCUT2D eigenvalue weighted by molar-refractivity contribution is 0.354. The number of para-hydroxylation sites is 1. The number of rotatable bonds is 4. The van der Waals surface area contributed by atoms with Crippen molar-refractivity contribution in [3.8, 4) is 11.5 Å². The van der Waals surface area contributed by atoms with E-state index in [-0.39, 0.29) is 0 Å². The number of benzene rings is 2. The van der Waals surface area contributed by atoms with E-state index in [4.69, 9.17) is 19.6 Å². The van der Waals surface area contributed by atoms with Crippen LogP contribution in [0.15, 0.2) is 40.8 Å². The van der Waals surface area contributed by atoms with Crippen LogP contribution in [0, 0.1) is 0 Å². The predicted molar refractivity (Wildman–Crippen MR) is 80.8 cm³/mol. The molecule has 0 saturated carbocycles. The van der Waals surface area contributed by atoms with Crippen molar-refractivity contribution in [1.29, 1.82) is 0 Å². The molecule has 108 valence electrons. The fourth-order valence-electron chi connectivity index (χ4n) is 2.26. The van der Waals surface area contributed by atoms with Crippen molar-refractivity contribution in [2.75, 3.05) is 20.0 Å². The lowest BCUT2D eigenvalue weighted by Crippen LogP contribution is -1.94. The fourth-order valence-corrected chi connectivity index (χ4v) is 2.26. The maximum atomic E-state index is 5.89. The Balaban J connectivity index is 1.93. The highest BCUT2D eigenvalue weighted by Crippen LogP contribution is 2.29. The molecule has 0 spiro atoms. The van der Waals surface area contributed by atoms with Gasteiger partial charge in [-0.3, -0.25) is 0 Å². The number of nitrogens with zero attached hydrogens (tertiary/aromatic N) is 1. The van der Waals surface area contributed by atoms with Crippen molar-refractivity contribution < 1.29 is 13.9 Å². The summed E-state index contributed by atoms with van der Waals surface area (Å²) in [4.78, 5) is 4.44. The van der Waals surface area contributed by atoms with Crippen LogP contribution >= 0.6 is 0 Å². The van der Waals surface area contributed by atoms with Crippen molar-refractivity contribution in [2.24, 2.45) is 0 Å². The number of hydrogen-bond donors (Lipinski definition) is 1. The highest BCUT2D eigenvalue weighted by Gasteiger charge is 2.10. The van der Waals surface area contributed by atoms with Crippen molar-refractivity contribution in [3.63, 3.8) is 0 Å². The SMILES string of the molecule is COc1ccc(Cc2nc3c(N)cccc3o2)cc1OC. The zero-order valence-corrected chi connectivity index (χ0v) is 11.9. The summed E-state index contributed by atoms with van der Waals surface area (Å²) in [5.41, 5.74) is 8.93. The Bertz CT molecular complexity index is 780. The van der Waals surface area contributed by atoms with Crippen molar-refractivity contribution in [2.45, 2.75) is 6.42 Å². The highest BCUT2D eigenvalue weighted by molar-refractivity contribution is 5.85. The topological polar surface area (TPSA) is 70.5 Å². The Morgan fingerprint density at radius 1 is 1.10 bits per heavy atom. The Morgan fingerprint density at radius 3 is 2.62 bits per heavy atom. The molecule has 3 aromatic rings. The average molecular weight is 284 g/mol. The first kappa shape index (κ1) is 13.3. The van der Waals surface area contributed by atoms with Crippen LogP contribution in [-0.2, 0) is 6.42 Å². The summed E-state index contributed by atoms with van der Waals surface area (Å²) in [6.45, 7) is 0. The van der Waals surface area contributed by atoms with Crippen LogP contribution in [0.4, 0.5) is 5.69 Å². The molecule has 3 rings (SSSR count). The van der Waals surface area contributed by atoms with Gasteiger partial charge in [0.25, 0.3) is 0 Å². The molecule has 0 bridgehead atoms. The Kier molecular flexibility index (Phi) is 3.39. The van der Waals surface area contributed by atoms with Crippen LogP contribution in [-0.4, -0.2) is 19.2 Å². The summed E-state index contributed by atoms with van der Waals surface area (Å²) in [7, 11) is 3.23. The molecule has 5 heteroatoms. The lowest BCUT2D eigenvalue weighted by Gasteiger charge is -2.08. The molecule has 0 aliphatic carbocycles. The molecule has 2 aromatic carbocycles. The molecule has 0 unspecified atom stereocenters. The van der Waals surface area contributed by atoms with Gasteiger partial charge in [0.2, 0.25) is 0 Å². The van der Waals surface area contributed by atoms with Crippen LogP contribution in [0.5, 0.6) is 11.5 Å². The van der Waals surface area contributed by atoms with E-state index in [1.54, 1.807) is 14.2 Å². The maximum Gasteiger partial charge on any atom is 0.199 e. The third-order valence-corrected chi connectivity index (χ3v) is 3.30. The minimum atomic E-state index is 0.564. The van der Waals surface area contributed by atoms with E-state index in [2.05, 4.69) is 4.98 Å². The van der Waals surface area contributed by atoms with Gasteiger partial charge in [0.05, 0.1) is 19.9 Å². The second kappa shape index (κ2) is 5.36. The molecule has 0 radical (unpaired) electrons. The zero-order valence-electron chi connectivity index (χ0n) is 11.9. The van der Waals surface area contributed by atoms with Gasteiger partial charge >= 0.3 is 0 Å². The first-order valence-electron chi connectivity index (χ1n) is 6.56. The highest BCUT2D eigenvalue weighted by atomic mass is 16.5. The third kappa shape index (κ3) is 2.50. The number of fused-ring (bicyclic) bond motifs is 1. The predicted octanol–water partition coefficient (Wildman–Crippen LogP) is 3.02. The first-order valence-corrected chi connectivity index (χ1v) is 6.56. The van der Waals surface area contributed by atoms with Gasteiger partial charge in [-0.2, -0.15) is 0 Å². The van der Waals surface area contributed by atoms with E-state index in [0.717, 1.165) is 5.56 Å². The standard InChI is InChI=1S/C16H16N2O3/c1-19-12-7-6-10(8-14(12)20-2)9-15-18-16-11(17)4-3-5-13(16)21-15/h3-8H,9,17H2,1-2H3. The number of oxazole rings is 1. The van der Waals surface area contributed by atoms with E-state index < -0.39 is 0 Å². The monoisotopic (exact) mass is 284 g/mol. The molecule has 0 saturated heterocycles. The molecule has 0 amide bonds.